The maximum absolute atomic E-state index is 11.3. The Morgan fingerprint density at radius 2 is 1.60 bits per heavy atom. The van der Waals surface area contributed by atoms with Crippen molar-refractivity contribution in [1.29, 1.82) is 0 Å². The van der Waals surface area contributed by atoms with E-state index in [2.05, 4.69) is 9.47 Å². The fraction of sp³-hybridized carbons (Fsp3) is 0.625. The highest BCUT2D eigenvalue weighted by Crippen LogP contribution is 2.62. The lowest BCUT2D eigenvalue weighted by atomic mass is 10.0. The molecule has 1 atom stereocenters. The molecule has 0 radical (unpaired) electrons. The van der Waals surface area contributed by atoms with Crippen molar-refractivity contribution in [2.75, 3.05) is 14.2 Å². The van der Waals surface area contributed by atoms with E-state index >= 15 is 0 Å². The van der Waals surface area contributed by atoms with Crippen LogP contribution in [0.3, 0.4) is 0 Å². The largest absolute Gasteiger partial charge is 0.480 e. The summed E-state index contributed by atoms with van der Waals surface area (Å²) in [5.41, 5.74) is -1.91. The Morgan fingerprint density at radius 1 is 1.20 bits per heavy atom. The third kappa shape index (κ3) is 1.28. The normalized spacial score (nSPS) is 26.6. The van der Waals surface area contributed by atoms with Crippen LogP contribution in [0.1, 0.15) is 6.42 Å². The van der Waals surface area contributed by atoms with Gasteiger partial charge in [0.15, 0.2) is 10.3 Å². The first-order chi connectivity index (χ1) is 6.86. The minimum Gasteiger partial charge on any atom is -0.480 e. The first-order valence-electron chi connectivity index (χ1n) is 3.96. The molecule has 1 N–H and O–H groups in total. The summed E-state index contributed by atoms with van der Waals surface area (Å²) in [7, 11) is 2.09. The van der Waals surface area contributed by atoms with E-state index in [-0.39, 0.29) is 6.42 Å². The van der Waals surface area contributed by atoms with Gasteiger partial charge in [0.2, 0.25) is 0 Å². The van der Waals surface area contributed by atoms with Gasteiger partial charge < -0.3 is 14.6 Å². The Balaban J connectivity index is 3.10. The third-order valence-corrected chi connectivity index (χ3v) is 3.08. The van der Waals surface area contributed by atoms with Crippen molar-refractivity contribution in [3.05, 3.63) is 0 Å². The Labute approximate surface area is 90.1 Å². The van der Waals surface area contributed by atoms with Gasteiger partial charge >= 0.3 is 17.9 Å². The second-order valence-electron chi connectivity index (χ2n) is 3.17. The number of aliphatic carboxylic acids is 1. The molecule has 15 heavy (non-hydrogen) atoms. The lowest BCUT2D eigenvalue weighted by Crippen LogP contribution is -2.38. The fourth-order valence-electron chi connectivity index (χ4n) is 1.48. The highest BCUT2D eigenvalue weighted by Gasteiger charge is 2.82. The van der Waals surface area contributed by atoms with Gasteiger partial charge in [0.05, 0.1) is 14.2 Å². The van der Waals surface area contributed by atoms with Crippen LogP contribution in [0.25, 0.3) is 0 Å². The number of ether oxygens (including phenoxy) is 2. The quantitative estimate of drug-likeness (QED) is 0.414. The highest BCUT2D eigenvalue weighted by molar-refractivity contribution is 6.42. The second-order valence-corrected chi connectivity index (χ2v) is 3.82. The number of carboxylic acids is 1. The smallest absolute Gasteiger partial charge is 0.326 e. The third-order valence-electron chi connectivity index (χ3n) is 2.47. The standard InChI is InChI=1S/C8H9ClO6/c1-14-5(12)7(6(13)15-2)3-8(7,9)4(10)11/h3H2,1-2H3,(H,10,11). The topological polar surface area (TPSA) is 89.9 Å². The van der Waals surface area contributed by atoms with E-state index in [1.165, 1.54) is 0 Å². The lowest BCUT2D eigenvalue weighted by molar-refractivity contribution is -0.164. The van der Waals surface area contributed by atoms with Gasteiger partial charge in [-0.05, 0) is 0 Å². The predicted molar refractivity (Wildman–Crippen MR) is 47.3 cm³/mol. The zero-order valence-electron chi connectivity index (χ0n) is 8.07. The molecule has 84 valence electrons. The summed E-state index contributed by atoms with van der Waals surface area (Å²) < 4.78 is 8.72. The van der Waals surface area contributed by atoms with Crippen LogP contribution >= 0.6 is 11.6 Å². The Morgan fingerprint density at radius 3 is 1.80 bits per heavy atom. The van der Waals surface area contributed by atoms with Gasteiger partial charge in [-0.15, -0.1) is 11.6 Å². The van der Waals surface area contributed by atoms with Crippen molar-refractivity contribution < 1.29 is 29.0 Å². The van der Waals surface area contributed by atoms with Gasteiger partial charge in [-0.3, -0.25) is 14.4 Å². The van der Waals surface area contributed by atoms with Crippen LogP contribution < -0.4 is 0 Å². The molecular formula is C8H9ClO6. The van der Waals surface area contributed by atoms with Crippen LogP contribution in [0, 0.1) is 5.41 Å². The maximum Gasteiger partial charge on any atom is 0.326 e. The zero-order chi connectivity index (χ0) is 11.9. The van der Waals surface area contributed by atoms with E-state index in [0.717, 1.165) is 14.2 Å². The molecule has 0 aromatic heterocycles. The van der Waals surface area contributed by atoms with E-state index in [0.29, 0.717) is 0 Å². The summed E-state index contributed by atoms with van der Waals surface area (Å²) in [5, 5.41) is 8.79. The van der Waals surface area contributed by atoms with Crippen LogP contribution in [0.15, 0.2) is 0 Å². The van der Waals surface area contributed by atoms with Crippen molar-refractivity contribution >= 4 is 29.5 Å². The number of carbonyl (C=O) groups excluding carboxylic acids is 2. The molecule has 1 saturated carbocycles. The van der Waals surface area contributed by atoms with Gasteiger partial charge in [-0.25, -0.2) is 0 Å². The number of rotatable bonds is 3. The minimum absolute atomic E-state index is 0.323. The molecular weight excluding hydrogens is 228 g/mol. The molecule has 1 rings (SSSR count). The summed E-state index contributed by atoms with van der Waals surface area (Å²) >= 11 is 5.65. The predicted octanol–water partition coefficient (Wildman–Crippen LogP) is -0.215. The molecule has 0 amide bonds. The van der Waals surface area contributed by atoms with Crippen molar-refractivity contribution in [2.24, 2.45) is 5.41 Å². The van der Waals surface area contributed by atoms with Gasteiger partial charge in [0.25, 0.3) is 0 Å². The summed E-state index contributed by atoms with van der Waals surface area (Å²) in [4.78, 5) is 31.5. The van der Waals surface area contributed by atoms with Crippen molar-refractivity contribution in [3.8, 4) is 0 Å². The Hall–Kier alpha value is -1.30. The molecule has 1 aliphatic rings. The fourth-order valence-corrected chi connectivity index (χ4v) is 1.83. The number of alkyl halides is 1. The van der Waals surface area contributed by atoms with Crippen LogP contribution in [-0.4, -0.2) is 42.1 Å². The van der Waals surface area contributed by atoms with Crippen LogP contribution in [0.5, 0.6) is 0 Å². The van der Waals surface area contributed by atoms with Crippen LogP contribution in [-0.2, 0) is 23.9 Å². The monoisotopic (exact) mass is 236 g/mol. The zero-order valence-corrected chi connectivity index (χ0v) is 8.83. The average molecular weight is 237 g/mol. The number of esters is 2. The number of carboxylic acid groups (broad SMARTS) is 1. The summed E-state index contributed by atoms with van der Waals surface area (Å²) in [6, 6.07) is 0. The summed E-state index contributed by atoms with van der Waals surface area (Å²) in [6.07, 6.45) is -0.323. The summed E-state index contributed by atoms with van der Waals surface area (Å²) in [5.74, 6) is -3.43. The molecule has 0 saturated heterocycles. The van der Waals surface area contributed by atoms with E-state index in [4.69, 9.17) is 16.7 Å². The molecule has 6 nitrogen and oxygen atoms in total. The molecule has 0 spiro atoms. The molecule has 0 heterocycles. The second kappa shape index (κ2) is 3.37. The molecule has 1 fully saturated rings. The SMILES string of the molecule is COC(=O)C1(C(=O)OC)CC1(Cl)C(=O)O. The molecule has 0 aromatic rings. The van der Waals surface area contributed by atoms with Gasteiger partial charge in [0, 0.05) is 6.42 Å². The number of hydrogen-bond donors (Lipinski definition) is 1. The molecule has 1 unspecified atom stereocenters. The summed E-state index contributed by atoms with van der Waals surface area (Å²) in [6.45, 7) is 0. The van der Waals surface area contributed by atoms with Crippen molar-refractivity contribution in [2.45, 2.75) is 11.3 Å². The number of carbonyl (C=O) groups is 3. The first-order valence-corrected chi connectivity index (χ1v) is 4.33. The van der Waals surface area contributed by atoms with Crippen molar-refractivity contribution in [3.63, 3.8) is 0 Å². The Bertz CT molecular complexity index is 322. The van der Waals surface area contributed by atoms with E-state index in [1.54, 1.807) is 0 Å². The van der Waals surface area contributed by atoms with E-state index in [9.17, 15) is 14.4 Å². The number of methoxy groups -OCH3 is 2. The molecule has 7 heteroatoms. The van der Waals surface area contributed by atoms with Gasteiger partial charge in [-0.2, -0.15) is 0 Å². The molecule has 0 aromatic carbocycles. The first kappa shape index (κ1) is 11.8. The Kier molecular flexibility index (Phi) is 2.65. The minimum atomic E-state index is -1.95. The molecule has 0 aliphatic heterocycles. The van der Waals surface area contributed by atoms with E-state index in [1.807, 2.05) is 0 Å². The number of halogens is 1. The average Bonchev–Trinajstić information content (AvgIpc) is 2.86. The van der Waals surface area contributed by atoms with Gasteiger partial charge in [0.1, 0.15) is 0 Å². The van der Waals surface area contributed by atoms with Crippen molar-refractivity contribution in [1.82, 2.24) is 0 Å². The van der Waals surface area contributed by atoms with Crippen LogP contribution in [0.4, 0.5) is 0 Å². The van der Waals surface area contributed by atoms with Gasteiger partial charge in [-0.1, -0.05) is 0 Å². The van der Waals surface area contributed by atoms with E-state index < -0.39 is 28.2 Å². The molecule has 0 bridgehead atoms. The molecule has 1 aliphatic carbocycles. The van der Waals surface area contributed by atoms with Crippen LogP contribution in [0.2, 0.25) is 0 Å². The highest BCUT2D eigenvalue weighted by atomic mass is 35.5. The maximum atomic E-state index is 11.3. The lowest BCUT2D eigenvalue weighted by Gasteiger charge is -2.13. The number of hydrogen-bond acceptors (Lipinski definition) is 5.